The van der Waals surface area contributed by atoms with E-state index in [1.807, 2.05) is 0 Å². The van der Waals surface area contributed by atoms with Gasteiger partial charge in [0.1, 0.15) is 0 Å². The van der Waals surface area contributed by atoms with Gasteiger partial charge < -0.3 is 10.4 Å². The average Bonchev–Trinajstić information content (AvgIpc) is 2.74. The predicted octanol–water partition coefficient (Wildman–Crippen LogP) is 2.23. The number of carbonyl (C=O) groups excluding carboxylic acids is 1. The van der Waals surface area contributed by atoms with Gasteiger partial charge in [-0.15, -0.1) is 0 Å². The summed E-state index contributed by atoms with van der Waals surface area (Å²) in [6.07, 6.45) is 3.51. The van der Waals surface area contributed by atoms with Crippen LogP contribution in [0.2, 0.25) is 0 Å². The molecule has 5 heteroatoms. The smallest absolute Gasteiger partial charge is 0.248 e. The van der Waals surface area contributed by atoms with Gasteiger partial charge in [-0.2, -0.15) is 0 Å². The van der Waals surface area contributed by atoms with E-state index in [4.69, 9.17) is 0 Å². The van der Waals surface area contributed by atoms with Crippen molar-refractivity contribution in [3.63, 3.8) is 0 Å². The number of carbonyl (C=O) groups is 1. The number of alkyl halides is 2. The fourth-order valence-electron chi connectivity index (χ4n) is 2.91. The maximum atomic E-state index is 13.0. The molecule has 0 aromatic rings. The largest absolute Gasteiger partial charge is 0.388 e. The molecule has 0 spiro atoms. The minimum absolute atomic E-state index is 0.175. The van der Waals surface area contributed by atoms with Crippen LogP contribution in [0.3, 0.4) is 0 Å². The number of hydrogen-bond acceptors (Lipinski definition) is 2. The molecular weight excluding hydrogens is 240 g/mol. The van der Waals surface area contributed by atoms with Crippen LogP contribution in [0.15, 0.2) is 0 Å². The molecule has 2 N–H and O–H groups in total. The van der Waals surface area contributed by atoms with Crippen molar-refractivity contribution in [1.29, 1.82) is 0 Å². The van der Waals surface area contributed by atoms with E-state index in [0.29, 0.717) is 0 Å². The van der Waals surface area contributed by atoms with Crippen molar-refractivity contribution in [2.45, 2.75) is 62.9 Å². The van der Waals surface area contributed by atoms with Crippen LogP contribution in [-0.2, 0) is 4.79 Å². The van der Waals surface area contributed by atoms with Gasteiger partial charge in [0.25, 0.3) is 0 Å². The van der Waals surface area contributed by atoms with Crippen molar-refractivity contribution in [3.05, 3.63) is 0 Å². The first-order valence-corrected chi connectivity index (χ1v) is 6.78. The maximum Gasteiger partial charge on any atom is 0.248 e. The Labute approximate surface area is 106 Å². The third kappa shape index (κ3) is 3.40. The van der Waals surface area contributed by atoms with E-state index in [-0.39, 0.29) is 44.1 Å². The van der Waals surface area contributed by atoms with Gasteiger partial charge in [-0.25, -0.2) is 8.78 Å². The van der Waals surface area contributed by atoms with Gasteiger partial charge in [0.05, 0.1) is 5.60 Å². The molecule has 2 aliphatic carbocycles. The van der Waals surface area contributed by atoms with Gasteiger partial charge >= 0.3 is 0 Å². The summed E-state index contributed by atoms with van der Waals surface area (Å²) in [5, 5.41) is 12.8. The number of aliphatic hydroxyl groups is 1. The Bertz CT molecular complexity index is 304. The molecule has 2 rings (SSSR count). The van der Waals surface area contributed by atoms with E-state index in [1.165, 1.54) is 0 Å². The van der Waals surface area contributed by atoms with Crippen molar-refractivity contribution in [3.8, 4) is 0 Å². The number of amides is 1. The van der Waals surface area contributed by atoms with E-state index in [2.05, 4.69) is 5.32 Å². The van der Waals surface area contributed by atoms with Gasteiger partial charge in [-0.3, -0.25) is 4.79 Å². The van der Waals surface area contributed by atoms with Crippen LogP contribution in [0.25, 0.3) is 0 Å². The Hall–Kier alpha value is -0.710. The molecule has 0 bridgehead atoms. The van der Waals surface area contributed by atoms with Gasteiger partial charge in [-0.05, 0) is 25.7 Å². The zero-order chi connectivity index (χ0) is 13.2. The lowest BCUT2D eigenvalue weighted by molar-refractivity contribution is -0.130. The van der Waals surface area contributed by atoms with Crippen LogP contribution in [0, 0.1) is 5.92 Å². The normalized spacial score (nSPS) is 27.1. The molecule has 0 aromatic carbocycles. The monoisotopic (exact) mass is 261 g/mol. The van der Waals surface area contributed by atoms with Crippen molar-refractivity contribution in [2.75, 3.05) is 6.54 Å². The molecule has 18 heavy (non-hydrogen) atoms. The Morgan fingerprint density at radius 3 is 2.28 bits per heavy atom. The van der Waals surface area contributed by atoms with Gasteiger partial charge in [-0.1, -0.05) is 12.8 Å². The van der Waals surface area contributed by atoms with Crippen LogP contribution < -0.4 is 5.32 Å². The summed E-state index contributed by atoms with van der Waals surface area (Å²) in [5.74, 6) is -3.08. The Kier molecular flexibility index (Phi) is 3.90. The molecule has 1 amide bonds. The molecule has 0 heterocycles. The molecule has 2 saturated carbocycles. The zero-order valence-corrected chi connectivity index (χ0v) is 10.6. The highest BCUT2D eigenvalue weighted by Gasteiger charge is 2.38. The molecule has 0 saturated heterocycles. The first-order valence-electron chi connectivity index (χ1n) is 6.78. The lowest BCUT2D eigenvalue weighted by atomic mass is 9.86. The van der Waals surface area contributed by atoms with Crippen LogP contribution >= 0.6 is 0 Å². The fourth-order valence-corrected chi connectivity index (χ4v) is 2.91. The summed E-state index contributed by atoms with van der Waals surface area (Å²) in [7, 11) is 0. The van der Waals surface area contributed by atoms with Crippen LogP contribution in [0.1, 0.15) is 51.4 Å². The van der Waals surface area contributed by atoms with Crippen molar-refractivity contribution in [2.24, 2.45) is 5.92 Å². The Morgan fingerprint density at radius 1 is 1.17 bits per heavy atom. The molecule has 0 atom stereocenters. The fraction of sp³-hybridized carbons (Fsp3) is 0.923. The average molecular weight is 261 g/mol. The summed E-state index contributed by atoms with van der Waals surface area (Å²) < 4.78 is 25.9. The SMILES string of the molecule is O=C(NCC1(O)CCCC1)C1CCC(F)(F)CC1. The van der Waals surface area contributed by atoms with Crippen LogP contribution in [-0.4, -0.2) is 29.1 Å². The lowest BCUT2D eigenvalue weighted by Gasteiger charge is -2.29. The molecule has 0 radical (unpaired) electrons. The predicted molar refractivity (Wildman–Crippen MR) is 63.3 cm³/mol. The highest BCUT2D eigenvalue weighted by molar-refractivity contribution is 5.78. The number of rotatable bonds is 3. The number of halogens is 2. The molecular formula is C13H21F2NO2. The van der Waals surface area contributed by atoms with Crippen molar-refractivity contribution >= 4 is 5.91 Å². The number of nitrogens with one attached hydrogen (secondary N) is 1. The first kappa shape index (κ1) is 13.7. The third-order valence-corrected chi connectivity index (χ3v) is 4.21. The molecule has 2 aliphatic rings. The lowest BCUT2D eigenvalue weighted by Crippen LogP contribution is -2.44. The molecule has 0 aromatic heterocycles. The molecule has 0 aliphatic heterocycles. The first-order chi connectivity index (χ1) is 8.40. The second-order valence-corrected chi connectivity index (χ2v) is 5.78. The molecule has 0 unspecified atom stereocenters. The maximum absolute atomic E-state index is 13.0. The van der Waals surface area contributed by atoms with E-state index >= 15 is 0 Å². The quantitative estimate of drug-likeness (QED) is 0.818. The summed E-state index contributed by atoms with van der Waals surface area (Å²) in [6.45, 7) is 0.263. The standard InChI is InChI=1S/C13H21F2NO2/c14-13(15)7-3-10(4-8-13)11(17)16-9-12(18)5-1-2-6-12/h10,18H,1-9H2,(H,16,17). The third-order valence-electron chi connectivity index (χ3n) is 4.21. The van der Waals surface area contributed by atoms with Crippen molar-refractivity contribution in [1.82, 2.24) is 5.32 Å². The summed E-state index contributed by atoms with van der Waals surface area (Å²) in [4.78, 5) is 11.8. The second kappa shape index (κ2) is 5.11. The van der Waals surface area contributed by atoms with Crippen molar-refractivity contribution < 1.29 is 18.7 Å². The van der Waals surface area contributed by atoms with Crippen LogP contribution in [0.5, 0.6) is 0 Å². The van der Waals surface area contributed by atoms with E-state index in [0.717, 1.165) is 25.7 Å². The zero-order valence-electron chi connectivity index (χ0n) is 10.6. The molecule has 3 nitrogen and oxygen atoms in total. The van der Waals surface area contributed by atoms with Gasteiger partial charge in [0.2, 0.25) is 11.8 Å². The van der Waals surface area contributed by atoms with E-state index in [9.17, 15) is 18.7 Å². The molecule has 104 valence electrons. The summed E-state index contributed by atoms with van der Waals surface area (Å²) in [5.41, 5.74) is -0.770. The minimum atomic E-state index is -2.60. The minimum Gasteiger partial charge on any atom is -0.388 e. The van der Waals surface area contributed by atoms with E-state index in [1.54, 1.807) is 0 Å². The van der Waals surface area contributed by atoms with Crippen LogP contribution in [0.4, 0.5) is 8.78 Å². The number of hydrogen-bond donors (Lipinski definition) is 2. The van der Waals surface area contributed by atoms with Gasteiger partial charge in [0.15, 0.2) is 0 Å². The highest BCUT2D eigenvalue weighted by atomic mass is 19.3. The van der Waals surface area contributed by atoms with E-state index < -0.39 is 11.5 Å². The van der Waals surface area contributed by atoms with Gasteiger partial charge in [0, 0.05) is 25.3 Å². The summed E-state index contributed by atoms with van der Waals surface area (Å²) >= 11 is 0. The Morgan fingerprint density at radius 2 is 1.72 bits per heavy atom. The Balaban J connectivity index is 1.75. The highest BCUT2D eigenvalue weighted by Crippen LogP contribution is 2.36. The topological polar surface area (TPSA) is 49.3 Å². The summed E-state index contributed by atoms with van der Waals surface area (Å²) in [6, 6.07) is 0. The molecule has 2 fully saturated rings. The second-order valence-electron chi connectivity index (χ2n) is 5.78.